The Hall–Kier alpha value is -2.61. The molecule has 0 saturated carbocycles. The summed E-state index contributed by atoms with van der Waals surface area (Å²) in [5.41, 5.74) is 2.38. The van der Waals surface area contributed by atoms with Crippen LogP contribution >= 0.6 is 0 Å². The van der Waals surface area contributed by atoms with Crippen LogP contribution < -0.4 is 21.2 Å². The number of nitrogens with zero attached hydrogens (tertiary/aromatic N) is 3. The largest absolute Gasteiger partial charge is 0.370 e. The molecule has 144 valence electrons. The van der Waals surface area contributed by atoms with Crippen molar-refractivity contribution in [3.8, 4) is 0 Å². The van der Waals surface area contributed by atoms with E-state index < -0.39 is 11.9 Å². The highest BCUT2D eigenvalue weighted by atomic mass is 16.2. The van der Waals surface area contributed by atoms with Crippen molar-refractivity contribution in [3.05, 3.63) is 28.7 Å². The van der Waals surface area contributed by atoms with Gasteiger partial charge in [-0.3, -0.25) is 24.0 Å². The van der Waals surface area contributed by atoms with Crippen molar-refractivity contribution in [2.24, 2.45) is 7.05 Å². The smallest absolute Gasteiger partial charge is 0.329 e. The van der Waals surface area contributed by atoms with E-state index in [2.05, 4.69) is 15.5 Å². The first-order valence-electron chi connectivity index (χ1n) is 9.47. The molecule has 8 heteroatoms. The van der Waals surface area contributed by atoms with Crippen molar-refractivity contribution in [1.29, 1.82) is 0 Å². The quantitative estimate of drug-likeness (QED) is 0.768. The summed E-state index contributed by atoms with van der Waals surface area (Å²) >= 11 is 0. The summed E-state index contributed by atoms with van der Waals surface area (Å²) in [4.78, 5) is 39.1. The number of nitrogens with one attached hydrogen (secondary N) is 2. The summed E-state index contributed by atoms with van der Waals surface area (Å²) in [7, 11) is 3.74. The van der Waals surface area contributed by atoms with E-state index in [9.17, 15) is 14.4 Å². The van der Waals surface area contributed by atoms with Gasteiger partial charge in [-0.25, -0.2) is 4.79 Å². The van der Waals surface area contributed by atoms with Crippen molar-refractivity contribution in [2.75, 3.05) is 25.0 Å². The van der Waals surface area contributed by atoms with Gasteiger partial charge < -0.3 is 10.2 Å². The fourth-order valence-electron chi connectivity index (χ4n) is 4.31. The number of aromatic nitrogens is 2. The number of para-hydroxylation sites is 1. The summed E-state index contributed by atoms with van der Waals surface area (Å²) in [6.45, 7) is 1.84. The Bertz CT molecular complexity index is 952. The van der Waals surface area contributed by atoms with Crippen LogP contribution in [0.4, 0.5) is 5.69 Å². The average Bonchev–Trinajstić information content (AvgIpc) is 2.93. The van der Waals surface area contributed by atoms with E-state index >= 15 is 0 Å². The highest BCUT2D eigenvalue weighted by molar-refractivity contribution is 6.00. The van der Waals surface area contributed by atoms with E-state index in [1.54, 1.807) is 16.2 Å². The maximum Gasteiger partial charge on any atom is 0.329 e. The zero-order chi connectivity index (χ0) is 19.1. The SMILES string of the molecule is CNC1CCN(c2cccc3c2n(C)c(=O)n3C2CCC(=O)NC2=O)CC1. The molecule has 2 aliphatic rings. The molecule has 0 radical (unpaired) electrons. The first-order chi connectivity index (χ1) is 13.0. The molecule has 4 rings (SSSR count). The van der Waals surface area contributed by atoms with Gasteiger partial charge >= 0.3 is 5.69 Å². The summed E-state index contributed by atoms with van der Waals surface area (Å²) in [6, 6.07) is 5.73. The minimum atomic E-state index is -0.649. The maximum absolute atomic E-state index is 13.0. The molecule has 2 aromatic rings. The third-order valence-electron chi connectivity index (χ3n) is 5.85. The Morgan fingerprint density at radius 1 is 1.11 bits per heavy atom. The Morgan fingerprint density at radius 3 is 2.52 bits per heavy atom. The fourth-order valence-corrected chi connectivity index (χ4v) is 4.31. The molecule has 2 saturated heterocycles. The zero-order valence-corrected chi connectivity index (χ0v) is 15.7. The number of fused-ring (bicyclic) bond motifs is 1. The zero-order valence-electron chi connectivity index (χ0n) is 15.7. The highest BCUT2D eigenvalue weighted by Gasteiger charge is 2.32. The number of carbonyl (C=O) groups excluding carboxylic acids is 2. The Labute approximate surface area is 157 Å². The number of piperidine rings is 2. The molecule has 3 heterocycles. The second-order valence-electron chi connectivity index (χ2n) is 7.37. The molecular formula is C19H25N5O3. The lowest BCUT2D eigenvalue weighted by molar-refractivity contribution is -0.135. The summed E-state index contributed by atoms with van der Waals surface area (Å²) < 4.78 is 3.17. The third-order valence-corrected chi connectivity index (χ3v) is 5.85. The Morgan fingerprint density at radius 2 is 1.85 bits per heavy atom. The minimum absolute atomic E-state index is 0.225. The van der Waals surface area contributed by atoms with Gasteiger partial charge in [-0.1, -0.05) is 6.07 Å². The molecule has 0 aliphatic carbocycles. The molecule has 8 nitrogen and oxygen atoms in total. The van der Waals surface area contributed by atoms with Crippen molar-refractivity contribution in [3.63, 3.8) is 0 Å². The van der Waals surface area contributed by atoms with Gasteiger partial charge in [0.1, 0.15) is 6.04 Å². The van der Waals surface area contributed by atoms with Gasteiger partial charge in [-0.15, -0.1) is 0 Å². The van der Waals surface area contributed by atoms with Crippen LogP contribution in [0.3, 0.4) is 0 Å². The van der Waals surface area contributed by atoms with Crippen LogP contribution in [0.2, 0.25) is 0 Å². The van der Waals surface area contributed by atoms with Crippen LogP contribution in [-0.4, -0.2) is 47.1 Å². The summed E-state index contributed by atoms with van der Waals surface area (Å²) in [5.74, 6) is -0.682. The molecule has 1 aromatic heterocycles. The van der Waals surface area contributed by atoms with E-state index in [0.717, 1.165) is 42.7 Å². The van der Waals surface area contributed by atoms with Crippen LogP contribution in [0.1, 0.15) is 31.7 Å². The number of benzene rings is 1. The van der Waals surface area contributed by atoms with Crippen molar-refractivity contribution in [2.45, 2.75) is 37.8 Å². The van der Waals surface area contributed by atoms with E-state index in [0.29, 0.717) is 12.5 Å². The summed E-state index contributed by atoms with van der Waals surface area (Å²) in [6.07, 6.45) is 2.70. The number of imide groups is 1. The molecule has 1 aromatic carbocycles. The van der Waals surface area contributed by atoms with Crippen LogP contribution in [0.15, 0.2) is 23.0 Å². The number of carbonyl (C=O) groups is 2. The van der Waals surface area contributed by atoms with Gasteiger partial charge in [0.2, 0.25) is 11.8 Å². The van der Waals surface area contributed by atoms with Gasteiger partial charge in [0.15, 0.2) is 0 Å². The second kappa shape index (κ2) is 6.84. The molecular weight excluding hydrogens is 346 g/mol. The third kappa shape index (κ3) is 2.93. The predicted molar refractivity (Wildman–Crippen MR) is 103 cm³/mol. The van der Waals surface area contributed by atoms with Crippen LogP contribution in [0.25, 0.3) is 11.0 Å². The van der Waals surface area contributed by atoms with Crippen LogP contribution in [0.5, 0.6) is 0 Å². The predicted octanol–water partition coefficient (Wildman–Crippen LogP) is 0.506. The van der Waals surface area contributed by atoms with Gasteiger partial charge in [-0.2, -0.15) is 0 Å². The van der Waals surface area contributed by atoms with Crippen molar-refractivity contribution < 1.29 is 9.59 Å². The number of amides is 2. The number of anilines is 1. The minimum Gasteiger partial charge on any atom is -0.370 e. The molecule has 0 spiro atoms. The average molecular weight is 371 g/mol. The normalized spacial score (nSPS) is 21.7. The number of imidazole rings is 1. The molecule has 2 aliphatic heterocycles. The van der Waals surface area contributed by atoms with Crippen LogP contribution in [0, 0.1) is 0 Å². The Balaban J connectivity index is 1.78. The molecule has 0 bridgehead atoms. The monoisotopic (exact) mass is 371 g/mol. The van der Waals surface area contributed by atoms with Gasteiger partial charge in [-0.05, 0) is 38.4 Å². The van der Waals surface area contributed by atoms with E-state index in [1.165, 1.54) is 0 Å². The fraction of sp³-hybridized carbons (Fsp3) is 0.526. The first kappa shape index (κ1) is 17.8. The van der Waals surface area contributed by atoms with Crippen molar-refractivity contribution >= 4 is 28.5 Å². The van der Waals surface area contributed by atoms with Gasteiger partial charge in [0.25, 0.3) is 0 Å². The molecule has 27 heavy (non-hydrogen) atoms. The van der Waals surface area contributed by atoms with Gasteiger partial charge in [0, 0.05) is 32.6 Å². The topological polar surface area (TPSA) is 88.4 Å². The molecule has 2 amide bonds. The number of aryl methyl sites for hydroxylation is 1. The van der Waals surface area contributed by atoms with E-state index in [4.69, 9.17) is 0 Å². The summed E-state index contributed by atoms with van der Waals surface area (Å²) in [5, 5.41) is 5.69. The molecule has 2 fully saturated rings. The lowest BCUT2D eigenvalue weighted by Crippen LogP contribution is -2.44. The van der Waals surface area contributed by atoms with E-state index in [1.807, 2.05) is 25.2 Å². The lowest BCUT2D eigenvalue weighted by atomic mass is 10.0. The lowest BCUT2D eigenvalue weighted by Gasteiger charge is -2.34. The maximum atomic E-state index is 13.0. The number of hydrogen-bond acceptors (Lipinski definition) is 5. The molecule has 1 unspecified atom stereocenters. The van der Waals surface area contributed by atoms with Crippen LogP contribution in [-0.2, 0) is 16.6 Å². The van der Waals surface area contributed by atoms with Crippen molar-refractivity contribution in [1.82, 2.24) is 19.8 Å². The second-order valence-corrected chi connectivity index (χ2v) is 7.37. The standard InChI is InChI=1S/C19H25N5O3/c1-20-12-8-10-23(11-9-12)13-4-3-5-14-17(13)22(2)19(27)24(14)15-6-7-16(25)21-18(15)26/h3-5,12,15,20H,6-11H2,1-2H3,(H,21,25,26). The molecule has 1 atom stereocenters. The first-order valence-corrected chi connectivity index (χ1v) is 9.47. The highest BCUT2D eigenvalue weighted by Crippen LogP contribution is 2.31. The number of rotatable bonds is 3. The molecule has 2 N–H and O–H groups in total. The Kier molecular flexibility index (Phi) is 4.51. The number of hydrogen-bond donors (Lipinski definition) is 2. The van der Waals surface area contributed by atoms with Gasteiger partial charge in [0.05, 0.1) is 16.7 Å². The van der Waals surface area contributed by atoms with E-state index in [-0.39, 0.29) is 18.0 Å².